The maximum atomic E-state index is 8.91. The Balaban J connectivity index is 2.28. The molecule has 1 unspecified atom stereocenters. The van der Waals surface area contributed by atoms with Crippen LogP contribution in [0.5, 0.6) is 0 Å². The normalized spacial score (nSPS) is 13.4. The van der Waals surface area contributed by atoms with E-state index in [-0.39, 0.29) is 6.10 Å². The number of rotatable bonds is 3. The van der Waals surface area contributed by atoms with Crippen LogP contribution in [-0.4, -0.2) is 20.8 Å². The summed E-state index contributed by atoms with van der Waals surface area (Å²) in [4.78, 5) is 1.14. The van der Waals surface area contributed by atoms with E-state index in [1.165, 1.54) is 11.5 Å². The first-order valence-corrected chi connectivity index (χ1v) is 4.00. The van der Waals surface area contributed by atoms with Gasteiger partial charge < -0.3 is 5.11 Å². The van der Waals surface area contributed by atoms with Crippen LogP contribution in [0.3, 0.4) is 0 Å². The molecule has 1 aromatic heterocycles. The van der Waals surface area contributed by atoms with E-state index in [0.29, 0.717) is 0 Å². The lowest BCUT2D eigenvalue weighted by Gasteiger charge is -1.98. The molecule has 10 heavy (non-hydrogen) atoms. The van der Waals surface area contributed by atoms with Crippen molar-refractivity contribution in [2.24, 2.45) is 0 Å². The lowest BCUT2D eigenvalue weighted by Crippen LogP contribution is -2.00. The zero-order valence-corrected chi connectivity index (χ0v) is 6.64. The van der Waals surface area contributed by atoms with Gasteiger partial charge in [0, 0.05) is 4.88 Å². The molecular formula is C6H10N2OS. The zero-order valence-electron chi connectivity index (χ0n) is 5.82. The Morgan fingerprint density at radius 2 is 2.60 bits per heavy atom. The minimum absolute atomic E-state index is 0.220. The number of aliphatic hydroxyl groups excluding tert-OH is 1. The third kappa shape index (κ3) is 2.41. The van der Waals surface area contributed by atoms with E-state index in [1.54, 1.807) is 13.1 Å². The molecular weight excluding hydrogens is 148 g/mol. The minimum atomic E-state index is -0.220. The first-order chi connectivity index (χ1) is 4.79. The van der Waals surface area contributed by atoms with Crippen molar-refractivity contribution in [1.82, 2.24) is 9.59 Å². The van der Waals surface area contributed by atoms with Crippen molar-refractivity contribution >= 4 is 11.5 Å². The Morgan fingerprint density at radius 1 is 1.80 bits per heavy atom. The zero-order chi connectivity index (χ0) is 7.40. The molecule has 4 heteroatoms. The van der Waals surface area contributed by atoms with E-state index in [4.69, 9.17) is 5.11 Å². The van der Waals surface area contributed by atoms with Gasteiger partial charge >= 0.3 is 0 Å². The van der Waals surface area contributed by atoms with Crippen LogP contribution in [0.2, 0.25) is 0 Å². The predicted molar refractivity (Wildman–Crippen MR) is 39.9 cm³/mol. The first kappa shape index (κ1) is 7.63. The molecule has 0 radical (unpaired) electrons. The van der Waals surface area contributed by atoms with E-state index >= 15 is 0 Å². The summed E-state index contributed by atoms with van der Waals surface area (Å²) in [7, 11) is 0. The summed E-state index contributed by atoms with van der Waals surface area (Å²) < 4.78 is 3.71. The SMILES string of the molecule is CC(O)CCc1cnns1. The van der Waals surface area contributed by atoms with Gasteiger partial charge in [0.05, 0.1) is 12.3 Å². The summed E-state index contributed by atoms with van der Waals surface area (Å²) >= 11 is 1.39. The Morgan fingerprint density at radius 3 is 3.10 bits per heavy atom. The van der Waals surface area contributed by atoms with Gasteiger partial charge in [-0.2, -0.15) is 0 Å². The molecule has 0 amide bonds. The van der Waals surface area contributed by atoms with Gasteiger partial charge in [0.15, 0.2) is 0 Å². The highest BCUT2D eigenvalue weighted by atomic mass is 32.1. The Labute approximate surface area is 63.9 Å². The molecule has 0 aliphatic carbocycles. The van der Waals surface area contributed by atoms with Crippen LogP contribution < -0.4 is 0 Å². The first-order valence-electron chi connectivity index (χ1n) is 3.23. The molecule has 1 atom stereocenters. The number of aliphatic hydroxyl groups is 1. The third-order valence-corrected chi connectivity index (χ3v) is 1.94. The fourth-order valence-electron chi connectivity index (χ4n) is 0.649. The average molecular weight is 158 g/mol. The number of hydrogen-bond acceptors (Lipinski definition) is 4. The standard InChI is InChI=1S/C6H10N2OS/c1-5(9)2-3-6-4-7-8-10-6/h4-5,9H,2-3H2,1H3. The number of aromatic nitrogens is 2. The molecule has 0 fully saturated rings. The molecule has 1 aromatic rings. The molecule has 0 spiro atoms. The Kier molecular flexibility index (Phi) is 2.77. The second kappa shape index (κ2) is 3.63. The topological polar surface area (TPSA) is 46.0 Å². The number of nitrogens with zero attached hydrogens (tertiary/aromatic N) is 2. The summed E-state index contributed by atoms with van der Waals surface area (Å²) in [5.74, 6) is 0. The molecule has 56 valence electrons. The highest BCUT2D eigenvalue weighted by Gasteiger charge is 1.98. The summed E-state index contributed by atoms with van der Waals surface area (Å²) in [6, 6.07) is 0. The van der Waals surface area contributed by atoms with Crippen LogP contribution in [0.4, 0.5) is 0 Å². The number of hydrogen-bond donors (Lipinski definition) is 1. The smallest absolute Gasteiger partial charge is 0.0653 e. The summed E-state index contributed by atoms with van der Waals surface area (Å²) in [6.07, 6.45) is 3.20. The van der Waals surface area contributed by atoms with Gasteiger partial charge in [0.2, 0.25) is 0 Å². The second-order valence-electron chi connectivity index (χ2n) is 2.27. The van der Waals surface area contributed by atoms with Crippen LogP contribution >= 0.6 is 11.5 Å². The Hall–Kier alpha value is -0.480. The molecule has 1 N–H and O–H groups in total. The minimum Gasteiger partial charge on any atom is -0.393 e. The quantitative estimate of drug-likeness (QED) is 0.709. The van der Waals surface area contributed by atoms with Crippen LogP contribution in [0.15, 0.2) is 6.20 Å². The van der Waals surface area contributed by atoms with Crippen molar-refractivity contribution in [2.45, 2.75) is 25.9 Å². The van der Waals surface area contributed by atoms with Crippen molar-refractivity contribution in [3.05, 3.63) is 11.1 Å². The van der Waals surface area contributed by atoms with Gasteiger partial charge in [0.1, 0.15) is 0 Å². The number of aryl methyl sites for hydroxylation is 1. The molecule has 0 saturated carbocycles. The molecule has 3 nitrogen and oxygen atoms in total. The summed E-state index contributed by atoms with van der Waals surface area (Å²) in [5, 5.41) is 12.6. The predicted octanol–water partition coefficient (Wildman–Crippen LogP) is 0.852. The average Bonchev–Trinajstić information content (AvgIpc) is 2.34. The molecule has 1 heterocycles. The van der Waals surface area contributed by atoms with Crippen LogP contribution in [0.25, 0.3) is 0 Å². The fourth-order valence-corrected chi connectivity index (χ4v) is 1.15. The Bertz CT molecular complexity index is 174. The third-order valence-electron chi connectivity index (χ3n) is 1.22. The molecule has 0 saturated heterocycles. The van der Waals surface area contributed by atoms with Crippen LogP contribution in [-0.2, 0) is 6.42 Å². The van der Waals surface area contributed by atoms with Crippen molar-refractivity contribution < 1.29 is 5.11 Å². The van der Waals surface area contributed by atoms with E-state index in [1.807, 2.05) is 0 Å². The van der Waals surface area contributed by atoms with Gasteiger partial charge in [-0.05, 0) is 31.3 Å². The lowest BCUT2D eigenvalue weighted by molar-refractivity contribution is 0.185. The fraction of sp³-hybridized carbons (Fsp3) is 0.667. The van der Waals surface area contributed by atoms with E-state index in [2.05, 4.69) is 9.59 Å². The van der Waals surface area contributed by atoms with Crippen molar-refractivity contribution in [3.8, 4) is 0 Å². The maximum Gasteiger partial charge on any atom is 0.0653 e. The van der Waals surface area contributed by atoms with Crippen molar-refractivity contribution in [3.63, 3.8) is 0 Å². The highest BCUT2D eigenvalue weighted by Crippen LogP contribution is 2.06. The van der Waals surface area contributed by atoms with Gasteiger partial charge in [-0.25, -0.2) is 0 Å². The molecule has 0 aromatic carbocycles. The lowest BCUT2D eigenvalue weighted by atomic mass is 10.2. The molecule has 1 rings (SSSR count). The molecule has 0 bridgehead atoms. The summed E-state index contributed by atoms with van der Waals surface area (Å²) in [6.45, 7) is 1.79. The molecule has 0 aliphatic heterocycles. The van der Waals surface area contributed by atoms with Gasteiger partial charge in [-0.15, -0.1) is 5.10 Å². The van der Waals surface area contributed by atoms with E-state index in [9.17, 15) is 0 Å². The van der Waals surface area contributed by atoms with Gasteiger partial charge in [0.25, 0.3) is 0 Å². The van der Waals surface area contributed by atoms with Gasteiger partial charge in [-0.3, -0.25) is 0 Å². The van der Waals surface area contributed by atoms with Crippen LogP contribution in [0.1, 0.15) is 18.2 Å². The van der Waals surface area contributed by atoms with E-state index in [0.717, 1.165) is 17.7 Å². The van der Waals surface area contributed by atoms with E-state index < -0.39 is 0 Å². The van der Waals surface area contributed by atoms with Gasteiger partial charge in [-0.1, -0.05) is 4.49 Å². The van der Waals surface area contributed by atoms with Crippen LogP contribution in [0, 0.1) is 0 Å². The molecule has 0 aliphatic rings. The monoisotopic (exact) mass is 158 g/mol. The highest BCUT2D eigenvalue weighted by molar-refractivity contribution is 7.05. The van der Waals surface area contributed by atoms with Crippen molar-refractivity contribution in [2.75, 3.05) is 0 Å². The maximum absolute atomic E-state index is 8.91. The summed E-state index contributed by atoms with van der Waals surface area (Å²) in [5.41, 5.74) is 0. The van der Waals surface area contributed by atoms with Crippen molar-refractivity contribution in [1.29, 1.82) is 0 Å². The second-order valence-corrected chi connectivity index (χ2v) is 3.14. The largest absolute Gasteiger partial charge is 0.393 e.